The summed E-state index contributed by atoms with van der Waals surface area (Å²) in [7, 11) is 1.75. The molecule has 0 atom stereocenters. The lowest BCUT2D eigenvalue weighted by atomic mass is 10.2. The van der Waals surface area contributed by atoms with E-state index in [-0.39, 0.29) is 12.0 Å². The maximum absolute atomic E-state index is 12.1. The first-order valence-electron chi connectivity index (χ1n) is 6.57. The van der Waals surface area contributed by atoms with Gasteiger partial charge in [0.05, 0.1) is 24.9 Å². The third kappa shape index (κ3) is 3.51. The normalized spacial score (nSPS) is 15.6. The monoisotopic (exact) mass is 267 g/mol. The molecule has 0 saturated carbocycles. The SMILES string of the molecule is CC(C)OCCN(C)C(=O)c1cn(C2CNC2)nn1. The molecule has 106 valence electrons. The van der Waals surface area contributed by atoms with Gasteiger partial charge in [-0.25, -0.2) is 4.68 Å². The van der Waals surface area contributed by atoms with Crippen molar-refractivity contribution < 1.29 is 9.53 Å². The van der Waals surface area contributed by atoms with Crippen LogP contribution in [0, 0.1) is 0 Å². The minimum absolute atomic E-state index is 0.120. The molecule has 0 radical (unpaired) electrons. The van der Waals surface area contributed by atoms with Gasteiger partial charge in [-0.3, -0.25) is 4.79 Å². The molecule has 1 amide bonds. The van der Waals surface area contributed by atoms with Crippen molar-refractivity contribution in [3.05, 3.63) is 11.9 Å². The van der Waals surface area contributed by atoms with Gasteiger partial charge in [-0.15, -0.1) is 5.10 Å². The predicted molar refractivity (Wildman–Crippen MR) is 70.0 cm³/mol. The number of likely N-dealkylation sites (N-methyl/N-ethyl adjacent to an activating group) is 1. The molecule has 2 heterocycles. The molecule has 19 heavy (non-hydrogen) atoms. The zero-order valence-corrected chi connectivity index (χ0v) is 11.7. The van der Waals surface area contributed by atoms with Crippen LogP contribution < -0.4 is 5.32 Å². The molecular weight excluding hydrogens is 246 g/mol. The molecule has 1 aromatic heterocycles. The van der Waals surface area contributed by atoms with Crippen LogP contribution in [0.3, 0.4) is 0 Å². The number of rotatable bonds is 6. The van der Waals surface area contributed by atoms with Crippen molar-refractivity contribution in [2.45, 2.75) is 26.0 Å². The van der Waals surface area contributed by atoms with Gasteiger partial charge in [0.1, 0.15) is 0 Å². The Labute approximate surface area is 112 Å². The van der Waals surface area contributed by atoms with Crippen molar-refractivity contribution in [3.8, 4) is 0 Å². The molecular formula is C12H21N5O2. The van der Waals surface area contributed by atoms with Crippen molar-refractivity contribution in [1.29, 1.82) is 0 Å². The summed E-state index contributed by atoms with van der Waals surface area (Å²) in [6, 6.07) is 0.323. The Hall–Kier alpha value is -1.47. The fourth-order valence-electron chi connectivity index (χ4n) is 1.74. The number of carbonyl (C=O) groups is 1. The first kappa shape index (κ1) is 14.0. The van der Waals surface area contributed by atoms with Crippen molar-refractivity contribution >= 4 is 5.91 Å². The Morgan fingerprint density at radius 2 is 2.37 bits per heavy atom. The number of carbonyl (C=O) groups excluding carboxylic acids is 1. The van der Waals surface area contributed by atoms with Crippen LogP contribution in [-0.4, -0.2) is 65.2 Å². The standard InChI is InChI=1S/C12H21N5O2/c1-9(2)19-5-4-16(3)12(18)11-8-17(15-14-11)10-6-13-7-10/h8-10,13H,4-7H2,1-3H3. The lowest BCUT2D eigenvalue weighted by molar-refractivity contribution is 0.0529. The molecule has 1 aliphatic heterocycles. The van der Waals surface area contributed by atoms with Gasteiger partial charge in [0.25, 0.3) is 5.91 Å². The van der Waals surface area contributed by atoms with E-state index in [0.717, 1.165) is 13.1 Å². The van der Waals surface area contributed by atoms with E-state index in [1.807, 2.05) is 13.8 Å². The van der Waals surface area contributed by atoms with Gasteiger partial charge in [-0.2, -0.15) is 0 Å². The summed E-state index contributed by atoms with van der Waals surface area (Å²) in [6.45, 7) is 6.79. The smallest absolute Gasteiger partial charge is 0.275 e. The molecule has 0 spiro atoms. The number of nitrogens with one attached hydrogen (secondary N) is 1. The topological polar surface area (TPSA) is 72.3 Å². The lowest BCUT2D eigenvalue weighted by Crippen LogP contribution is -2.43. The largest absolute Gasteiger partial charge is 0.377 e. The molecule has 1 aliphatic rings. The summed E-state index contributed by atoms with van der Waals surface area (Å²) >= 11 is 0. The molecule has 1 fully saturated rings. The summed E-state index contributed by atoms with van der Waals surface area (Å²) < 4.78 is 7.18. The van der Waals surface area contributed by atoms with E-state index in [2.05, 4.69) is 15.6 Å². The van der Waals surface area contributed by atoms with Gasteiger partial charge in [-0.05, 0) is 13.8 Å². The summed E-state index contributed by atoms with van der Waals surface area (Å²) in [5, 5.41) is 11.1. The zero-order chi connectivity index (χ0) is 13.8. The van der Waals surface area contributed by atoms with Crippen LogP contribution in [0.15, 0.2) is 6.20 Å². The van der Waals surface area contributed by atoms with Crippen molar-refractivity contribution in [1.82, 2.24) is 25.2 Å². The van der Waals surface area contributed by atoms with Crippen molar-refractivity contribution in [2.75, 3.05) is 33.3 Å². The Kier molecular flexibility index (Phi) is 4.49. The van der Waals surface area contributed by atoms with Crippen molar-refractivity contribution in [3.63, 3.8) is 0 Å². The number of ether oxygens (including phenoxy) is 1. The average molecular weight is 267 g/mol. The van der Waals surface area contributed by atoms with Crippen LogP contribution in [-0.2, 0) is 4.74 Å². The minimum atomic E-state index is -0.120. The van der Waals surface area contributed by atoms with Crippen LogP contribution in [0.4, 0.5) is 0 Å². The van der Waals surface area contributed by atoms with Gasteiger partial charge < -0.3 is 15.0 Å². The summed E-state index contributed by atoms with van der Waals surface area (Å²) in [6.07, 6.45) is 1.89. The molecule has 0 unspecified atom stereocenters. The first-order valence-corrected chi connectivity index (χ1v) is 6.57. The minimum Gasteiger partial charge on any atom is -0.377 e. The highest BCUT2D eigenvalue weighted by atomic mass is 16.5. The van der Waals surface area contributed by atoms with Gasteiger partial charge in [0.15, 0.2) is 5.69 Å². The highest BCUT2D eigenvalue weighted by molar-refractivity contribution is 5.91. The average Bonchev–Trinajstić information content (AvgIpc) is 2.74. The van der Waals surface area contributed by atoms with Gasteiger partial charge >= 0.3 is 0 Å². The van der Waals surface area contributed by atoms with E-state index >= 15 is 0 Å². The van der Waals surface area contributed by atoms with E-state index in [1.54, 1.807) is 22.8 Å². The Balaban J connectivity index is 1.85. The summed E-state index contributed by atoms with van der Waals surface area (Å²) in [5.74, 6) is -0.120. The molecule has 1 N–H and O–H groups in total. The van der Waals surface area contributed by atoms with Crippen molar-refractivity contribution in [2.24, 2.45) is 0 Å². The van der Waals surface area contributed by atoms with Gasteiger partial charge in [0, 0.05) is 26.7 Å². The second-order valence-electron chi connectivity index (χ2n) is 5.04. The first-order chi connectivity index (χ1) is 9.08. The zero-order valence-electron chi connectivity index (χ0n) is 11.7. The number of hydrogen-bond donors (Lipinski definition) is 1. The van der Waals surface area contributed by atoms with E-state index in [0.29, 0.717) is 24.9 Å². The van der Waals surface area contributed by atoms with Gasteiger partial charge in [0.2, 0.25) is 0 Å². The molecule has 7 nitrogen and oxygen atoms in total. The maximum Gasteiger partial charge on any atom is 0.275 e. The third-order valence-corrected chi connectivity index (χ3v) is 3.09. The number of hydrogen-bond acceptors (Lipinski definition) is 5. The highest BCUT2D eigenvalue weighted by Crippen LogP contribution is 2.10. The molecule has 7 heteroatoms. The molecule has 0 aromatic carbocycles. The van der Waals surface area contributed by atoms with E-state index in [9.17, 15) is 4.79 Å². The second-order valence-corrected chi connectivity index (χ2v) is 5.04. The maximum atomic E-state index is 12.1. The van der Waals surface area contributed by atoms with Gasteiger partial charge in [-0.1, -0.05) is 5.21 Å². The molecule has 0 bridgehead atoms. The van der Waals surface area contributed by atoms with Crippen LogP contribution in [0.25, 0.3) is 0 Å². The molecule has 0 aliphatic carbocycles. The molecule has 2 rings (SSSR count). The van der Waals surface area contributed by atoms with E-state index in [1.165, 1.54) is 0 Å². The fraction of sp³-hybridized carbons (Fsp3) is 0.750. The lowest BCUT2D eigenvalue weighted by Gasteiger charge is -2.26. The third-order valence-electron chi connectivity index (χ3n) is 3.09. The number of amides is 1. The van der Waals surface area contributed by atoms with E-state index < -0.39 is 0 Å². The number of aromatic nitrogens is 3. The Morgan fingerprint density at radius 1 is 1.63 bits per heavy atom. The fourth-order valence-corrected chi connectivity index (χ4v) is 1.74. The Morgan fingerprint density at radius 3 is 2.95 bits per heavy atom. The van der Waals surface area contributed by atoms with Crippen LogP contribution in [0.1, 0.15) is 30.4 Å². The Bertz CT molecular complexity index is 428. The van der Waals surface area contributed by atoms with Crippen LogP contribution >= 0.6 is 0 Å². The quantitative estimate of drug-likeness (QED) is 0.780. The van der Waals surface area contributed by atoms with Crippen LogP contribution in [0.2, 0.25) is 0 Å². The predicted octanol–water partition coefficient (Wildman–Crippen LogP) is -0.0806. The second kappa shape index (κ2) is 6.12. The molecule has 1 aromatic rings. The highest BCUT2D eigenvalue weighted by Gasteiger charge is 2.22. The van der Waals surface area contributed by atoms with Crippen LogP contribution in [0.5, 0.6) is 0 Å². The summed E-state index contributed by atoms with van der Waals surface area (Å²) in [5.41, 5.74) is 0.388. The summed E-state index contributed by atoms with van der Waals surface area (Å²) in [4.78, 5) is 13.7. The molecule has 1 saturated heterocycles. The number of nitrogens with zero attached hydrogens (tertiary/aromatic N) is 4. The van der Waals surface area contributed by atoms with E-state index in [4.69, 9.17) is 4.74 Å².